The molecule has 0 amide bonds. The van der Waals surface area contributed by atoms with E-state index >= 15 is 0 Å². The Morgan fingerprint density at radius 1 is 1.23 bits per heavy atom. The fourth-order valence-electron chi connectivity index (χ4n) is 5.68. The lowest BCUT2D eigenvalue weighted by molar-refractivity contribution is -0.151. The molecule has 0 bridgehead atoms. The van der Waals surface area contributed by atoms with Crippen LogP contribution in [-0.4, -0.2) is 62.2 Å². The number of phosphoric ester groups is 1. The maximum Gasteiger partial charge on any atom is 0.469 e. The van der Waals surface area contributed by atoms with Crippen LogP contribution in [0.2, 0.25) is 0 Å². The van der Waals surface area contributed by atoms with Crippen molar-refractivity contribution in [2.45, 2.75) is 109 Å². The second-order valence-electron chi connectivity index (χ2n) is 12.3. The standard InChI is InChI=1S/C32H52NO9P/c1-4-25-13-14-28(35)21-26(25)16-17-32(37,18-19-33)30(42-43(38,39)40)22-27(34)10-6-5-8-24-9-7-11-29(20-24)41-31(36)15-12-23(2)3/h5-6,8,10,13-14,16-17,23-27,29-30,34,37H,4,7,9,11-12,15,18-22,33H2,1-3H3,(H2,38,39,40)/b8-5-,10-6-,17-16+. The third kappa shape index (κ3) is 14.2. The molecule has 0 radical (unpaired) electrons. The zero-order valence-corrected chi connectivity index (χ0v) is 26.7. The topological polar surface area (TPSA) is 177 Å². The van der Waals surface area contributed by atoms with Crippen molar-refractivity contribution in [3.8, 4) is 0 Å². The number of nitrogens with two attached hydrogens (primary N) is 1. The van der Waals surface area contributed by atoms with Crippen LogP contribution in [-0.2, 0) is 23.4 Å². The molecule has 6 N–H and O–H groups in total. The molecule has 7 unspecified atom stereocenters. The Morgan fingerprint density at radius 3 is 2.63 bits per heavy atom. The summed E-state index contributed by atoms with van der Waals surface area (Å²) in [6.45, 7) is 6.13. The van der Waals surface area contributed by atoms with Gasteiger partial charge in [0.05, 0.1) is 6.10 Å². The molecule has 0 heterocycles. The summed E-state index contributed by atoms with van der Waals surface area (Å²) < 4.78 is 22.5. The van der Waals surface area contributed by atoms with E-state index in [1.807, 2.05) is 19.1 Å². The average Bonchev–Trinajstić information content (AvgIpc) is 2.92. The Bertz CT molecular complexity index is 1050. The number of ether oxygens (including phenoxy) is 1. The SMILES string of the molecule is CCC1C=CC(=O)CC1/C=C/C(O)(CCN)C(CC(O)/C=C\C=C/C1CCCC(OC(=O)CCC(C)C)C1)OP(=O)(O)O. The Balaban J connectivity index is 2.06. The number of hydrogen-bond acceptors (Lipinski definition) is 8. The van der Waals surface area contributed by atoms with Crippen LogP contribution < -0.4 is 5.73 Å². The third-order valence-electron chi connectivity index (χ3n) is 8.16. The molecule has 11 heteroatoms. The van der Waals surface area contributed by atoms with Crippen LogP contribution >= 0.6 is 7.82 Å². The van der Waals surface area contributed by atoms with E-state index in [-0.39, 0.29) is 61.4 Å². The molecule has 43 heavy (non-hydrogen) atoms. The molecule has 0 spiro atoms. The van der Waals surface area contributed by atoms with E-state index in [4.69, 9.17) is 15.0 Å². The van der Waals surface area contributed by atoms with Crippen molar-refractivity contribution >= 4 is 19.6 Å². The highest BCUT2D eigenvalue weighted by molar-refractivity contribution is 7.46. The highest BCUT2D eigenvalue weighted by Crippen LogP contribution is 2.42. The van der Waals surface area contributed by atoms with Gasteiger partial charge in [-0.2, -0.15) is 0 Å². The van der Waals surface area contributed by atoms with Gasteiger partial charge in [0.15, 0.2) is 5.78 Å². The summed E-state index contributed by atoms with van der Waals surface area (Å²) in [5, 5.41) is 22.2. The van der Waals surface area contributed by atoms with E-state index in [1.54, 1.807) is 24.3 Å². The minimum absolute atomic E-state index is 0.00728. The highest BCUT2D eigenvalue weighted by Gasteiger charge is 2.40. The number of esters is 1. The first kappa shape index (κ1) is 37.3. The van der Waals surface area contributed by atoms with Gasteiger partial charge in [0.25, 0.3) is 0 Å². The molecule has 0 saturated heterocycles. The number of carbonyl (C=O) groups is 2. The lowest BCUT2D eigenvalue weighted by Gasteiger charge is -2.35. The number of carbonyl (C=O) groups excluding carboxylic acids is 2. The number of allylic oxidation sites excluding steroid dienone is 6. The van der Waals surface area contributed by atoms with Crippen molar-refractivity contribution in [1.82, 2.24) is 0 Å². The number of aliphatic hydroxyl groups excluding tert-OH is 1. The Kier molecular flexibility index (Phi) is 15.7. The molecule has 2 rings (SSSR count). The van der Waals surface area contributed by atoms with Gasteiger partial charge in [-0.1, -0.05) is 63.3 Å². The van der Waals surface area contributed by atoms with E-state index in [1.165, 1.54) is 12.2 Å². The summed E-state index contributed by atoms with van der Waals surface area (Å²) in [6.07, 6.45) is 16.0. The molecule has 2 aliphatic rings. The summed E-state index contributed by atoms with van der Waals surface area (Å²) >= 11 is 0. The second-order valence-corrected chi connectivity index (χ2v) is 13.5. The first-order chi connectivity index (χ1) is 20.2. The van der Waals surface area contributed by atoms with Crippen LogP contribution in [0, 0.1) is 23.7 Å². The lowest BCUT2D eigenvalue weighted by atomic mass is 9.79. The summed E-state index contributed by atoms with van der Waals surface area (Å²) in [5.41, 5.74) is 3.85. The van der Waals surface area contributed by atoms with Crippen molar-refractivity contribution in [1.29, 1.82) is 0 Å². The van der Waals surface area contributed by atoms with Gasteiger partial charge in [-0.05, 0) is 81.2 Å². The predicted octanol–water partition coefficient (Wildman–Crippen LogP) is 4.67. The summed E-state index contributed by atoms with van der Waals surface area (Å²) in [7, 11) is -5.04. The van der Waals surface area contributed by atoms with Gasteiger partial charge >= 0.3 is 13.8 Å². The van der Waals surface area contributed by atoms with Gasteiger partial charge in [0.2, 0.25) is 0 Å². The molecule has 0 aliphatic heterocycles. The van der Waals surface area contributed by atoms with E-state index < -0.39 is 25.6 Å². The number of hydrogen-bond donors (Lipinski definition) is 5. The van der Waals surface area contributed by atoms with E-state index in [9.17, 15) is 34.2 Å². The normalized spacial score (nSPS) is 26.4. The van der Waals surface area contributed by atoms with Crippen LogP contribution in [0.3, 0.4) is 0 Å². The van der Waals surface area contributed by atoms with Crippen LogP contribution in [0.5, 0.6) is 0 Å². The van der Waals surface area contributed by atoms with E-state index in [0.717, 1.165) is 38.5 Å². The fourth-order valence-corrected chi connectivity index (χ4v) is 6.28. The van der Waals surface area contributed by atoms with Crippen molar-refractivity contribution < 1.29 is 43.4 Å². The minimum Gasteiger partial charge on any atom is -0.462 e. The zero-order chi connectivity index (χ0) is 32.0. The van der Waals surface area contributed by atoms with E-state index in [0.29, 0.717) is 12.3 Å². The monoisotopic (exact) mass is 625 g/mol. The Morgan fingerprint density at radius 2 is 1.98 bits per heavy atom. The number of phosphoric acid groups is 1. The van der Waals surface area contributed by atoms with Gasteiger partial charge in [-0.3, -0.25) is 14.1 Å². The first-order valence-electron chi connectivity index (χ1n) is 15.5. The highest BCUT2D eigenvalue weighted by atomic mass is 31.2. The average molecular weight is 626 g/mol. The molecule has 244 valence electrons. The maximum atomic E-state index is 12.1. The molecular weight excluding hydrogens is 573 g/mol. The summed E-state index contributed by atoms with van der Waals surface area (Å²) in [6, 6.07) is 0. The van der Waals surface area contributed by atoms with Crippen molar-refractivity contribution in [2.24, 2.45) is 29.4 Å². The van der Waals surface area contributed by atoms with Crippen LogP contribution in [0.4, 0.5) is 0 Å². The number of ketones is 1. The second kappa shape index (κ2) is 18.2. The number of aliphatic hydroxyl groups is 2. The van der Waals surface area contributed by atoms with Gasteiger partial charge < -0.3 is 30.5 Å². The van der Waals surface area contributed by atoms with Crippen molar-refractivity contribution in [3.05, 3.63) is 48.6 Å². The molecule has 0 aromatic rings. The van der Waals surface area contributed by atoms with Crippen molar-refractivity contribution in [2.75, 3.05) is 6.54 Å². The van der Waals surface area contributed by atoms with Crippen LogP contribution in [0.15, 0.2) is 48.6 Å². The molecule has 7 atom stereocenters. The third-order valence-corrected chi connectivity index (χ3v) is 8.69. The zero-order valence-electron chi connectivity index (χ0n) is 25.8. The molecule has 1 saturated carbocycles. The van der Waals surface area contributed by atoms with Gasteiger partial charge in [-0.25, -0.2) is 4.57 Å². The van der Waals surface area contributed by atoms with Gasteiger partial charge in [-0.15, -0.1) is 0 Å². The smallest absolute Gasteiger partial charge is 0.462 e. The van der Waals surface area contributed by atoms with Gasteiger partial charge in [0.1, 0.15) is 17.8 Å². The molecule has 2 aliphatic carbocycles. The van der Waals surface area contributed by atoms with Gasteiger partial charge in [0, 0.05) is 19.3 Å². The summed E-state index contributed by atoms with van der Waals surface area (Å²) in [4.78, 5) is 43.3. The molecule has 10 nitrogen and oxygen atoms in total. The summed E-state index contributed by atoms with van der Waals surface area (Å²) in [5.74, 6) is 0.356. The fraction of sp³-hybridized carbons (Fsp3) is 0.688. The molecule has 1 fully saturated rings. The minimum atomic E-state index is -5.04. The van der Waals surface area contributed by atoms with Crippen molar-refractivity contribution in [3.63, 3.8) is 0 Å². The van der Waals surface area contributed by atoms with Crippen LogP contribution in [0.25, 0.3) is 0 Å². The predicted molar refractivity (Wildman–Crippen MR) is 166 cm³/mol. The molecule has 0 aromatic heterocycles. The quantitative estimate of drug-likeness (QED) is 0.0660. The lowest BCUT2D eigenvalue weighted by Crippen LogP contribution is -2.45. The number of rotatable bonds is 17. The van der Waals surface area contributed by atoms with E-state index in [2.05, 4.69) is 13.8 Å². The molecule has 0 aromatic carbocycles. The largest absolute Gasteiger partial charge is 0.469 e. The molecular formula is C32H52NO9P. The Labute approximate surface area is 256 Å². The first-order valence-corrected chi connectivity index (χ1v) is 17.1. The maximum absolute atomic E-state index is 12.1. The Hall–Kier alpha value is -1.91. The van der Waals surface area contributed by atoms with Crippen LogP contribution in [0.1, 0.15) is 85.0 Å².